The second-order valence-corrected chi connectivity index (χ2v) is 6.20. The Labute approximate surface area is 135 Å². The van der Waals surface area contributed by atoms with Crippen LogP contribution in [-0.4, -0.2) is 21.4 Å². The average molecular weight is 314 g/mol. The molecular weight excluding hydrogens is 292 g/mol. The lowest BCUT2D eigenvalue weighted by Crippen LogP contribution is -2.32. The number of hydrogen-bond donors (Lipinski definition) is 4. The second kappa shape index (κ2) is 6.95. The molecule has 7 heteroatoms. The zero-order valence-electron chi connectivity index (χ0n) is 13.6. The number of aromatic nitrogens is 2. The zero-order valence-corrected chi connectivity index (χ0v) is 13.6. The smallest absolute Gasteiger partial charge is 0.242 e. The van der Waals surface area contributed by atoms with Crippen LogP contribution in [0.1, 0.15) is 26.3 Å². The summed E-state index contributed by atoms with van der Waals surface area (Å²) in [7, 11) is 0. The van der Waals surface area contributed by atoms with Gasteiger partial charge in [0, 0.05) is 5.54 Å². The number of nitrogens with zero attached hydrogens (tertiary/aromatic N) is 2. The van der Waals surface area contributed by atoms with Gasteiger partial charge in [0.25, 0.3) is 0 Å². The number of hydrazine groups is 1. The lowest BCUT2D eigenvalue weighted by molar-refractivity contribution is -0.119. The van der Waals surface area contributed by atoms with Gasteiger partial charge in [0.2, 0.25) is 5.91 Å². The van der Waals surface area contributed by atoms with Gasteiger partial charge in [-0.15, -0.1) is 0 Å². The molecule has 5 N–H and O–H groups in total. The highest BCUT2D eigenvalue weighted by Gasteiger charge is 2.15. The summed E-state index contributed by atoms with van der Waals surface area (Å²) in [5.74, 6) is 0.694. The van der Waals surface area contributed by atoms with E-state index in [2.05, 4.69) is 26.1 Å². The van der Waals surface area contributed by atoms with Gasteiger partial charge in [-0.2, -0.15) is 0 Å². The molecule has 1 aromatic carbocycles. The third-order valence-corrected chi connectivity index (χ3v) is 2.91. The maximum absolute atomic E-state index is 11.9. The highest BCUT2D eigenvalue weighted by molar-refractivity contribution is 5.81. The van der Waals surface area contributed by atoms with Gasteiger partial charge in [-0.25, -0.2) is 9.97 Å². The highest BCUT2D eigenvalue weighted by atomic mass is 16.2. The number of anilines is 3. The minimum Gasteiger partial charge on any atom is -0.393 e. The Morgan fingerprint density at radius 1 is 1.13 bits per heavy atom. The van der Waals surface area contributed by atoms with Crippen LogP contribution in [0.25, 0.3) is 0 Å². The number of carbonyl (C=O) groups excluding carboxylic acids is 1. The molecule has 0 bridgehead atoms. The molecule has 1 aromatic heterocycles. The molecule has 0 spiro atoms. The Bertz CT molecular complexity index is 666. The summed E-state index contributed by atoms with van der Waals surface area (Å²) >= 11 is 0. The van der Waals surface area contributed by atoms with E-state index < -0.39 is 0 Å². The summed E-state index contributed by atoms with van der Waals surface area (Å²) in [6.07, 6.45) is 1.65. The molecule has 0 fully saturated rings. The van der Waals surface area contributed by atoms with Crippen molar-refractivity contribution in [2.45, 2.75) is 32.7 Å². The first-order chi connectivity index (χ1) is 10.8. The van der Waals surface area contributed by atoms with Gasteiger partial charge in [0.15, 0.2) is 11.6 Å². The Morgan fingerprint density at radius 3 is 2.43 bits per heavy atom. The molecule has 0 atom stereocenters. The Kier molecular flexibility index (Phi) is 5.00. The Balaban J connectivity index is 1.98. The molecule has 0 aliphatic heterocycles. The molecule has 0 aliphatic rings. The molecule has 23 heavy (non-hydrogen) atoms. The monoisotopic (exact) mass is 314 g/mol. The largest absolute Gasteiger partial charge is 0.393 e. The van der Waals surface area contributed by atoms with Crippen molar-refractivity contribution >= 4 is 23.2 Å². The van der Waals surface area contributed by atoms with E-state index in [-0.39, 0.29) is 17.9 Å². The number of amides is 1. The van der Waals surface area contributed by atoms with Crippen molar-refractivity contribution in [3.05, 3.63) is 42.2 Å². The molecule has 0 aliphatic carbocycles. The molecule has 0 saturated heterocycles. The predicted octanol–water partition coefficient (Wildman–Crippen LogP) is 1.95. The molecule has 0 radical (unpaired) electrons. The van der Waals surface area contributed by atoms with Crippen LogP contribution in [0.3, 0.4) is 0 Å². The fraction of sp³-hybridized carbons (Fsp3) is 0.312. The van der Waals surface area contributed by atoms with Crippen molar-refractivity contribution in [2.75, 3.05) is 16.5 Å². The van der Waals surface area contributed by atoms with Gasteiger partial charge >= 0.3 is 0 Å². The van der Waals surface area contributed by atoms with E-state index in [1.807, 2.05) is 51.1 Å². The van der Waals surface area contributed by atoms with E-state index in [9.17, 15) is 4.79 Å². The van der Waals surface area contributed by atoms with E-state index in [0.29, 0.717) is 17.3 Å². The number of rotatable bonds is 5. The van der Waals surface area contributed by atoms with Crippen LogP contribution >= 0.6 is 0 Å². The summed E-state index contributed by atoms with van der Waals surface area (Å²) in [6, 6.07) is 9.48. The Hall–Kier alpha value is -2.83. The molecule has 7 nitrogen and oxygen atoms in total. The van der Waals surface area contributed by atoms with Crippen molar-refractivity contribution in [2.24, 2.45) is 0 Å². The molecule has 0 unspecified atom stereocenters. The first kappa shape index (κ1) is 16.5. The van der Waals surface area contributed by atoms with Crippen LogP contribution in [-0.2, 0) is 11.2 Å². The lowest BCUT2D eigenvalue weighted by Gasteiger charge is -2.22. The highest BCUT2D eigenvalue weighted by Crippen LogP contribution is 2.24. The minimum atomic E-state index is -0.184. The first-order valence-corrected chi connectivity index (χ1v) is 7.32. The van der Waals surface area contributed by atoms with Gasteiger partial charge in [-0.3, -0.25) is 15.6 Å². The van der Waals surface area contributed by atoms with E-state index >= 15 is 0 Å². The topological polar surface area (TPSA) is 105 Å². The number of hydrogen-bond acceptors (Lipinski definition) is 6. The maximum Gasteiger partial charge on any atom is 0.242 e. The number of nitrogens with one attached hydrogen (secondary N) is 3. The van der Waals surface area contributed by atoms with Gasteiger partial charge in [0.1, 0.15) is 12.0 Å². The van der Waals surface area contributed by atoms with Crippen LogP contribution in [0.5, 0.6) is 0 Å². The summed E-state index contributed by atoms with van der Waals surface area (Å²) in [5, 5.41) is 3.19. The van der Waals surface area contributed by atoms with Crippen LogP contribution in [0.4, 0.5) is 17.3 Å². The number of nitrogen functional groups attached to an aromatic ring is 1. The normalized spacial score (nSPS) is 10.9. The number of benzene rings is 1. The van der Waals surface area contributed by atoms with Gasteiger partial charge < -0.3 is 11.1 Å². The van der Waals surface area contributed by atoms with Gasteiger partial charge in [0.05, 0.1) is 6.42 Å². The summed E-state index contributed by atoms with van der Waals surface area (Å²) in [4.78, 5) is 20.1. The summed E-state index contributed by atoms with van der Waals surface area (Å²) in [6.45, 7) is 6.01. The molecule has 2 rings (SSSR count). The van der Waals surface area contributed by atoms with Crippen molar-refractivity contribution in [1.82, 2.24) is 15.4 Å². The van der Waals surface area contributed by atoms with Crippen LogP contribution in [0, 0.1) is 0 Å². The van der Waals surface area contributed by atoms with E-state index in [1.54, 1.807) is 0 Å². The summed E-state index contributed by atoms with van der Waals surface area (Å²) < 4.78 is 0. The van der Waals surface area contributed by atoms with Crippen molar-refractivity contribution in [3.63, 3.8) is 0 Å². The Morgan fingerprint density at radius 2 is 1.78 bits per heavy atom. The van der Waals surface area contributed by atoms with Crippen molar-refractivity contribution < 1.29 is 4.79 Å². The first-order valence-electron chi connectivity index (χ1n) is 7.32. The van der Waals surface area contributed by atoms with Crippen LogP contribution in [0.15, 0.2) is 36.7 Å². The fourth-order valence-electron chi connectivity index (χ4n) is 1.90. The maximum atomic E-state index is 11.9. The SMILES string of the molecule is CC(C)(C)Nc1ncnc(NNC(=O)Cc2ccccc2)c1N. The second-order valence-electron chi connectivity index (χ2n) is 6.20. The van der Waals surface area contributed by atoms with E-state index in [1.165, 1.54) is 6.33 Å². The fourth-order valence-corrected chi connectivity index (χ4v) is 1.90. The van der Waals surface area contributed by atoms with E-state index in [0.717, 1.165) is 5.56 Å². The molecule has 122 valence electrons. The number of carbonyl (C=O) groups is 1. The molecular formula is C16H22N6O. The van der Waals surface area contributed by atoms with Gasteiger partial charge in [-0.1, -0.05) is 30.3 Å². The van der Waals surface area contributed by atoms with E-state index in [4.69, 9.17) is 5.73 Å². The predicted molar refractivity (Wildman–Crippen MR) is 91.7 cm³/mol. The lowest BCUT2D eigenvalue weighted by atomic mass is 10.1. The average Bonchev–Trinajstić information content (AvgIpc) is 2.48. The third-order valence-electron chi connectivity index (χ3n) is 2.91. The minimum absolute atomic E-state index is 0.181. The zero-order chi connectivity index (χ0) is 16.9. The molecule has 1 heterocycles. The van der Waals surface area contributed by atoms with Crippen LogP contribution in [0.2, 0.25) is 0 Å². The van der Waals surface area contributed by atoms with Crippen LogP contribution < -0.4 is 21.9 Å². The summed E-state index contributed by atoms with van der Waals surface area (Å²) in [5.41, 5.74) is 12.5. The molecule has 1 amide bonds. The quantitative estimate of drug-likeness (QED) is 0.629. The molecule has 2 aromatic rings. The molecule has 0 saturated carbocycles. The van der Waals surface area contributed by atoms with Crippen molar-refractivity contribution in [1.29, 1.82) is 0 Å². The van der Waals surface area contributed by atoms with Crippen molar-refractivity contribution in [3.8, 4) is 0 Å². The standard InChI is InChI=1S/C16H22N6O/c1-16(2,3)20-14-13(17)15(19-10-18-14)22-21-12(23)9-11-7-5-4-6-8-11/h4-8,10H,9,17H2,1-3H3,(H,21,23)(H2,18,19,20,22). The number of nitrogens with two attached hydrogens (primary N) is 1. The van der Waals surface area contributed by atoms with Gasteiger partial charge in [-0.05, 0) is 26.3 Å². The third kappa shape index (κ3) is 5.14.